The molecule has 1 rings (SSSR count). The summed E-state index contributed by atoms with van der Waals surface area (Å²) in [6.07, 6.45) is 4.52. The highest BCUT2D eigenvalue weighted by molar-refractivity contribution is 6.18. The number of hydrogen-bond donors (Lipinski definition) is 1. The number of esters is 1. The average Bonchev–Trinajstić information content (AvgIpc) is 2.37. The maximum Gasteiger partial charge on any atom is 0.306 e. The van der Waals surface area contributed by atoms with E-state index in [2.05, 4.69) is 12.2 Å². The van der Waals surface area contributed by atoms with E-state index in [-0.39, 0.29) is 17.7 Å². The third-order valence-corrected chi connectivity index (χ3v) is 4.30. The summed E-state index contributed by atoms with van der Waals surface area (Å²) in [4.78, 5) is 11.9. The molecule has 5 heteroatoms. The van der Waals surface area contributed by atoms with Gasteiger partial charge in [-0.3, -0.25) is 10.1 Å². The summed E-state index contributed by atoms with van der Waals surface area (Å²) in [6, 6.07) is 0. The molecule has 0 bridgehead atoms. The summed E-state index contributed by atoms with van der Waals surface area (Å²) >= 11 is 5.86. The molecule has 1 N–H and O–H groups in total. The summed E-state index contributed by atoms with van der Waals surface area (Å²) in [5, 5.41) is 3.47. The van der Waals surface area contributed by atoms with Gasteiger partial charge in [0.25, 0.3) is 0 Å². The molecule has 1 aliphatic carbocycles. The zero-order chi connectivity index (χ0) is 16.1. The Bertz CT molecular complexity index is 329. The van der Waals surface area contributed by atoms with Gasteiger partial charge in [-0.2, -0.15) is 0 Å². The van der Waals surface area contributed by atoms with Crippen molar-refractivity contribution in [3.05, 3.63) is 0 Å². The molecule has 21 heavy (non-hydrogen) atoms. The van der Waals surface area contributed by atoms with Gasteiger partial charge in [-0.1, -0.05) is 0 Å². The third-order valence-electron chi connectivity index (χ3n) is 4.02. The Labute approximate surface area is 133 Å². The van der Waals surface area contributed by atoms with Crippen molar-refractivity contribution in [3.8, 4) is 0 Å². The normalized spacial score (nSPS) is 28.2. The van der Waals surface area contributed by atoms with Crippen molar-refractivity contribution in [2.75, 3.05) is 13.0 Å². The minimum absolute atomic E-state index is 0.0417. The van der Waals surface area contributed by atoms with Crippen molar-refractivity contribution in [2.24, 2.45) is 5.92 Å². The third kappa shape index (κ3) is 6.98. The SMILES string of the molecule is COC(CCl)NC1(C)CCC(CC(=O)OC(C)(C)C)CC1. The molecule has 0 aromatic rings. The molecule has 0 aromatic heterocycles. The van der Waals surface area contributed by atoms with Crippen molar-refractivity contribution >= 4 is 17.6 Å². The van der Waals surface area contributed by atoms with Gasteiger partial charge < -0.3 is 9.47 Å². The van der Waals surface area contributed by atoms with Gasteiger partial charge in [-0.25, -0.2) is 0 Å². The van der Waals surface area contributed by atoms with Crippen LogP contribution in [0.4, 0.5) is 0 Å². The van der Waals surface area contributed by atoms with E-state index in [1.165, 1.54) is 0 Å². The van der Waals surface area contributed by atoms with Gasteiger partial charge in [0.2, 0.25) is 0 Å². The molecule has 1 atom stereocenters. The molecule has 1 saturated carbocycles. The second kappa shape index (κ2) is 7.80. The van der Waals surface area contributed by atoms with E-state index in [0.717, 1.165) is 25.7 Å². The average molecular weight is 320 g/mol. The molecule has 1 unspecified atom stereocenters. The van der Waals surface area contributed by atoms with E-state index in [1.807, 2.05) is 20.8 Å². The topological polar surface area (TPSA) is 47.6 Å². The second-order valence-electron chi connectivity index (χ2n) is 7.32. The van der Waals surface area contributed by atoms with Crippen LogP contribution in [0.25, 0.3) is 0 Å². The molecule has 0 aromatic carbocycles. The first kappa shape index (κ1) is 18.7. The van der Waals surface area contributed by atoms with Gasteiger partial charge in [-0.05, 0) is 59.3 Å². The lowest BCUT2D eigenvalue weighted by molar-refractivity contribution is -0.156. The first-order valence-corrected chi connectivity index (χ1v) is 8.29. The number of methoxy groups -OCH3 is 1. The summed E-state index contributed by atoms with van der Waals surface area (Å²) < 4.78 is 10.7. The van der Waals surface area contributed by atoms with E-state index in [0.29, 0.717) is 18.2 Å². The van der Waals surface area contributed by atoms with Crippen molar-refractivity contribution in [3.63, 3.8) is 0 Å². The van der Waals surface area contributed by atoms with Crippen LogP contribution in [0.2, 0.25) is 0 Å². The van der Waals surface area contributed by atoms with E-state index in [1.54, 1.807) is 7.11 Å². The smallest absolute Gasteiger partial charge is 0.306 e. The van der Waals surface area contributed by atoms with Crippen LogP contribution in [-0.4, -0.2) is 36.3 Å². The standard InChI is InChI=1S/C16H30ClNO3/c1-15(2,3)21-14(19)10-12-6-8-16(4,9-7-12)18-13(11-17)20-5/h12-13,18H,6-11H2,1-5H3. The predicted octanol–water partition coefficient (Wildman–Crippen LogP) is 3.47. The largest absolute Gasteiger partial charge is 0.460 e. The summed E-state index contributed by atoms with van der Waals surface area (Å²) in [5.74, 6) is 0.777. The maximum atomic E-state index is 11.9. The zero-order valence-electron chi connectivity index (χ0n) is 14.0. The molecule has 0 saturated heterocycles. The Morgan fingerprint density at radius 3 is 2.38 bits per heavy atom. The zero-order valence-corrected chi connectivity index (χ0v) is 14.8. The number of ether oxygens (including phenoxy) is 2. The minimum Gasteiger partial charge on any atom is -0.460 e. The van der Waals surface area contributed by atoms with Gasteiger partial charge in [-0.15, -0.1) is 11.6 Å². The Morgan fingerprint density at radius 2 is 1.95 bits per heavy atom. The van der Waals surface area contributed by atoms with Gasteiger partial charge in [0.1, 0.15) is 11.8 Å². The molecule has 4 nitrogen and oxygen atoms in total. The van der Waals surface area contributed by atoms with Gasteiger partial charge >= 0.3 is 5.97 Å². The van der Waals surface area contributed by atoms with Crippen LogP contribution in [0.1, 0.15) is 59.8 Å². The lowest BCUT2D eigenvalue weighted by Crippen LogP contribution is -2.51. The van der Waals surface area contributed by atoms with Crippen LogP contribution in [0.3, 0.4) is 0 Å². The second-order valence-corrected chi connectivity index (χ2v) is 7.63. The van der Waals surface area contributed by atoms with Crippen LogP contribution >= 0.6 is 11.6 Å². The Kier molecular flexibility index (Phi) is 6.95. The number of hydrogen-bond acceptors (Lipinski definition) is 4. The molecule has 1 aliphatic rings. The van der Waals surface area contributed by atoms with E-state index < -0.39 is 5.60 Å². The maximum absolute atomic E-state index is 11.9. The fourth-order valence-corrected chi connectivity index (χ4v) is 3.03. The van der Waals surface area contributed by atoms with E-state index in [4.69, 9.17) is 21.1 Å². The van der Waals surface area contributed by atoms with Crippen LogP contribution in [0, 0.1) is 5.92 Å². The van der Waals surface area contributed by atoms with Crippen LogP contribution < -0.4 is 5.32 Å². The van der Waals surface area contributed by atoms with E-state index >= 15 is 0 Å². The van der Waals surface area contributed by atoms with Crippen LogP contribution in [0.5, 0.6) is 0 Å². The molecule has 0 radical (unpaired) electrons. The number of nitrogens with one attached hydrogen (secondary N) is 1. The van der Waals surface area contributed by atoms with Gasteiger partial charge in [0.15, 0.2) is 0 Å². The van der Waals surface area contributed by atoms with Crippen molar-refractivity contribution in [1.29, 1.82) is 0 Å². The highest BCUT2D eigenvalue weighted by Gasteiger charge is 2.34. The summed E-state index contributed by atoms with van der Waals surface area (Å²) in [6.45, 7) is 7.92. The number of carbonyl (C=O) groups excluding carboxylic acids is 1. The summed E-state index contributed by atoms with van der Waals surface area (Å²) in [5.41, 5.74) is -0.353. The van der Waals surface area contributed by atoms with Crippen molar-refractivity contribution < 1.29 is 14.3 Å². The predicted molar refractivity (Wildman–Crippen MR) is 85.5 cm³/mol. The minimum atomic E-state index is -0.395. The molecular weight excluding hydrogens is 290 g/mol. The number of carbonyl (C=O) groups is 1. The first-order chi connectivity index (χ1) is 9.67. The molecule has 0 spiro atoms. The monoisotopic (exact) mass is 319 g/mol. The fraction of sp³-hybridized carbons (Fsp3) is 0.938. The van der Waals surface area contributed by atoms with Gasteiger partial charge in [0, 0.05) is 19.1 Å². The highest BCUT2D eigenvalue weighted by Crippen LogP contribution is 2.34. The van der Waals surface area contributed by atoms with Crippen molar-refractivity contribution in [1.82, 2.24) is 5.32 Å². The van der Waals surface area contributed by atoms with Crippen molar-refractivity contribution in [2.45, 2.75) is 77.2 Å². The van der Waals surface area contributed by atoms with Crippen LogP contribution in [-0.2, 0) is 14.3 Å². The Hall–Kier alpha value is -0.320. The summed E-state index contributed by atoms with van der Waals surface area (Å²) in [7, 11) is 1.66. The molecular formula is C16H30ClNO3. The highest BCUT2D eigenvalue weighted by atomic mass is 35.5. The molecule has 1 fully saturated rings. The van der Waals surface area contributed by atoms with Crippen LogP contribution in [0.15, 0.2) is 0 Å². The molecule has 0 aliphatic heterocycles. The number of rotatable bonds is 6. The quantitative estimate of drug-likeness (QED) is 0.462. The fourth-order valence-electron chi connectivity index (χ4n) is 2.83. The Balaban J connectivity index is 2.39. The first-order valence-electron chi connectivity index (χ1n) is 7.76. The van der Waals surface area contributed by atoms with Gasteiger partial charge in [0.05, 0.1) is 5.88 Å². The lowest BCUT2D eigenvalue weighted by Gasteiger charge is -2.40. The van der Waals surface area contributed by atoms with E-state index in [9.17, 15) is 4.79 Å². The number of halogens is 1. The Morgan fingerprint density at radius 1 is 1.38 bits per heavy atom. The molecule has 0 heterocycles. The molecule has 0 amide bonds. The lowest BCUT2D eigenvalue weighted by atomic mass is 9.76. The number of alkyl halides is 1. The molecule has 124 valence electrons.